The zero-order valence-corrected chi connectivity index (χ0v) is 15.6. The Morgan fingerprint density at radius 1 is 1.22 bits per heavy atom. The van der Waals surface area contributed by atoms with Crippen LogP contribution >= 0.6 is 0 Å². The van der Waals surface area contributed by atoms with Crippen LogP contribution in [0.2, 0.25) is 0 Å². The first-order valence-electron chi connectivity index (χ1n) is 8.76. The average Bonchev–Trinajstić information content (AvgIpc) is 2.69. The zero-order valence-electron chi connectivity index (χ0n) is 15.6. The van der Waals surface area contributed by atoms with Crippen LogP contribution in [0.4, 0.5) is 0 Å². The topological polar surface area (TPSA) is 72.9 Å². The van der Waals surface area contributed by atoms with Gasteiger partial charge in [0, 0.05) is 31.2 Å². The normalized spacial score (nSPS) is 12.9. The molecule has 5 heteroatoms. The lowest BCUT2D eigenvalue weighted by Gasteiger charge is -2.18. The van der Waals surface area contributed by atoms with Gasteiger partial charge in [0.05, 0.1) is 5.69 Å². The summed E-state index contributed by atoms with van der Waals surface area (Å²) >= 11 is 0. The third-order valence-corrected chi connectivity index (χ3v) is 4.08. The smallest absolute Gasteiger partial charge is 0.220 e. The minimum Gasteiger partial charge on any atom is -0.352 e. The third kappa shape index (κ3) is 6.34. The molecule has 1 rings (SSSR count). The summed E-state index contributed by atoms with van der Waals surface area (Å²) in [5, 5.41) is 7.66. The molecule has 23 heavy (non-hydrogen) atoms. The van der Waals surface area contributed by atoms with Gasteiger partial charge in [-0.3, -0.25) is 9.48 Å². The number of carbonyl (C=O) groups is 1. The van der Waals surface area contributed by atoms with Crippen LogP contribution in [-0.4, -0.2) is 28.3 Å². The Morgan fingerprint density at radius 3 is 2.39 bits per heavy atom. The Bertz CT molecular complexity index is 505. The van der Waals surface area contributed by atoms with Crippen molar-refractivity contribution < 1.29 is 4.79 Å². The second-order valence-electron chi connectivity index (χ2n) is 7.36. The van der Waals surface area contributed by atoms with E-state index in [1.165, 1.54) is 11.3 Å². The van der Waals surface area contributed by atoms with E-state index in [1.807, 2.05) is 6.92 Å². The number of aryl methyl sites for hydroxylation is 1. The molecule has 132 valence electrons. The molecule has 0 bridgehead atoms. The minimum absolute atomic E-state index is 0.0772. The van der Waals surface area contributed by atoms with E-state index < -0.39 is 0 Å². The van der Waals surface area contributed by atoms with Crippen molar-refractivity contribution in [3.8, 4) is 0 Å². The van der Waals surface area contributed by atoms with E-state index in [2.05, 4.69) is 49.7 Å². The van der Waals surface area contributed by atoms with E-state index in [0.717, 1.165) is 25.1 Å². The van der Waals surface area contributed by atoms with Crippen LogP contribution in [0.3, 0.4) is 0 Å². The molecule has 1 aromatic rings. The summed E-state index contributed by atoms with van der Waals surface area (Å²) in [6.07, 6.45) is 2.15. The summed E-state index contributed by atoms with van der Waals surface area (Å²) in [7, 11) is 0. The summed E-state index contributed by atoms with van der Waals surface area (Å²) < 4.78 is 2.06. The lowest BCUT2D eigenvalue weighted by atomic mass is 10.0. The fourth-order valence-electron chi connectivity index (χ4n) is 2.94. The van der Waals surface area contributed by atoms with Gasteiger partial charge in [0.2, 0.25) is 5.91 Å². The van der Waals surface area contributed by atoms with Crippen molar-refractivity contribution in [3.05, 3.63) is 17.0 Å². The molecule has 1 amide bonds. The molecular weight excluding hydrogens is 288 g/mol. The summed E-state index contributed by atoms with van der Waals surface area (Å²) in [4.78, 5) is 12.2. The maximum Gasteiger partial charge on any atom is 0.220 e. The third-order valence-electron chi connectivity index (χ3n) is 4.08. The van der Waals surface area contributed by atoms with Crippen LogP contribution in [0.5, 0.6) is 0 Å². The van der Waals surface area contributed by atoms with E-state index >= 15 is 0 Å². The standard InChI is InChI=1S/C18H34N4O/c1-12(2)9-16(10-19)20-18(23)8-7-17-14(5)21-22(15(17)6)11-13(3)4/h12-13,16H,7-11,19H2,1-6H3,(H,20,23). The van der Waals surface area contributed by atoms with Gasteiger partial charge in [-0.05, 0) is 44.1 Å². The van der Waals surface area contributed by atoms with Crippen molar-refractivity contribution in [2.45, 2.75) is 73.4 Å². The van der Waals surface area contributed by atoms with Crippen molar-refractivity contribution in [1.82, 2.24) is 15.1 Å². The molecular formula is C18H34N4O. The number of rotatable bonds is 9. The first-order chi connectivity index (χ1) is 10.7. The number of amides is 1. The van der Waals surface area contributed by atoms with Gasteiger partial charge in [-0.2, -0.15) is 5.10 Å². The number of carbonyl (C=O) groups excluding carboxylic acids is 1. The van der Waals surface area contributed by atoms with Crippen LogP contribution in [0, 0.1) is 25.7 Å². The molecule has 0 radical (unpaired) electrons. The number of aromatic nitrogens is 2. The summed E-state index contributed by atoms with van der Waals surface area (Å²) in [6.45, 7) is 14.2. The van der Waals surface area contributed by atoms with Crippen LogP contribution in [0.1, 0.15) is 57.5 Å². The number of hydrogen-bond acceptors (Lipinski definition) is 3. The van der Waals surface area contributed by atoms with Gasteiger partial charge in [-0.15, -0.1) is 0 Å². The monoisotopic (exact) mass is 322 g/mol. The highest BCUT2D eigenvalue weighted by molar-refractivity contribution is 5.76. The van der Waals surface area contributed by atoms with E-state index in [0.29, 0.717) is 24.8 Å². The highest BCUT2D eigenvalue weighted by Crippen LogP contribution is 2.16. The first kappa shape index (κ1) is 19.7. The summed E-state index contributed by atoms with van der Waals surface area (Å²) in [6, 6.07) is 0.0772. The van der Waals surface area contributed by atoms with E-state index in [-0.39, 0.29) is 11.9 Å². The highest BCUT2D eigenvalue weighted by atomic mass is 16.1. The molecule has 0 aromatic carbocycles. The molecule has 0 aliphatic carbocycles. The van der Waals surface area contributed by atoms with E-state index in [4.69, 9.17) is 5.73 Å². The van der Waals surface area contributed by atoms with Crippen molar-refractivity contribution >= 4 is 5.91 Å². The maximum atomic E-state index is 12.2. The molecule has 3 N–H and O–H groups in total. The van der Waals surface area contributed by atoms with Gasteiger partial charge in [0.15, 0.2) is 0 Å². The van der Waals surface area contributed by atoms with Crippen molar-refractivity contribution in [2.75, 3.05) is 6.54 Å². The molecule has 0 fully saturated rings. The Kier molecular flexibility index (Phi) is 7.76. The van der Waals surface area contributed by atoms with Gasteiger partial charge in [0.1, 0.15) is 0 Å². The lowest BCUT2D eigenvalue weighted by Crippen LogP contribution is -2.41. The van der Waals surface area contributed by atoms with Gasteiger partial charge in [-0.1, -0.05) is 27.7 Å². The Labute approximate surface area is 141 Å². The van der Waals surface area contributed by atoms with E-state index in [1.54, 1.807) is 0 Å². The molecule has 5 nitrogen and oxygen atoms in total. The molecule has 0 spiro atoms. The number of nitrogens with one attached hydrogen (secondary N) is 1. The maximum absolute atomic E-state index is 12.2. The van der Waals surface area contributed by atoms with Crippen LogP contribution < -0.4 is 11.1 Å². The minimum atomic E-state index is 0.0772. The van der Waals surface area contributed by atoms with Crippen LogP contribution in [0.25, 0.3) is 0 Å². The lowest BCUT2D eigenvalue weighted by molar-refractivity contribution is -0.121. The molecule has 1 atom stereocenters. The van der Waals surface area contributed by atoms with Crippen molar-refractivity contribution in [2.24, 2.45) is 17.6 Å². The van der Waals surface area contributed by atoms with Crippen molar-refractivity contribution in [3.63, 3.8) is 0 Å². The Balaban J connectivity index is 2.60. The van der Waals surface area contributed by atoms with Crippen LogP contribution in [0.15, 0.2) is 0 Å². The highest BCUT2D eigenvalue weighted by Gasteiger charge is 2.16. The SMILES string of the molecule is Cc1nn(CC(C)C)c(C)c1CCC(=O)NC(CN)CC(C)C. The predicted octanol–water partition coefficient (Wildman–Crippen LogP) is 2.58. The molecule has 0 saturated carbocycles. The van der Waals surface area contributed by atoms with Gasteiger partial charge < -0.3 is 11.1 Å². The molecule has 1 aromatic heterocycles. The van der Waals surface area contributed by atoms with Gasteiger partial charge in [0.25, 0.3) is 0 Å². The van der Waals surface area contributed by atoms with Gasteiger partial charge in [-0.25, -0.2) is 0 Å². The molecule has 0 aliphatic heterocycles. The molecule has 0 aliphatic rings. The molecule has 1 heterocycles. The Hall–Kier alpha value is -1.36. The summed E-state index contributed by atoms with van der Waals surface area (Å²) in [5.74, 6) is 1.17. The fraction of sp³-hybridized carbons (Fsp3) is 0.778. The van der Waals surface area contributed by atoms with Crippen molar-refractivity contribution in [1.29, 1.82) is 0 Å². The van der Waals surface area contributed by atoms with E-state index in [9.17, 15) is 4.79 Å². The summed E-state index contributed by atoms with van der Waals surface area (Å²) in [5.41, 5.74) is 9.17. The first-order valence-corrected chi connectivity index (χ1v) is 8.76. The fourth-order valence-corrected chi connectivity index (χ4v) is 2.94. The molecule has 1 unspecified atom stereocenters. The number of nitrogens with zero attached hydrogens (tertiary/aromatic N) is 2. The second-order valence-corrected chi connectivity index (χ2v) is 7.36. The number of hydrogen-bond donors (Lipinski definition) is 2. The second kappa shape index (κ2) is 9.06. The Morgan fingerprint density at radius 2 is 1.87 bits per heavy atom. The quantitative estimate of drug-likeness (QED) is 0.734. The molecule has 0 saturated heterocycles. The zero-order chi connectivity index (χ0) is 17.6. The van der Waals surface area contributed by atoms with Crippen LogP contribution in [-0.2, 0) is 17.8 Å². The average molecular weight is 322 g/mol. The van der Waals surface area contributed by atoms with Gasteiger partial charge >= 0.3 is 0 Å². The number of nitrogens with two attached hydrogens (primary N) is 1. The predicted molar refractivity (Wildman–Crippen MR) is 95.3 cm³/mol. The largest absolute Gasteiger partial charge is 0.352 e.